The molecule has 0 aliphatic heterocycles. The fraction of sp³-hybridized carbons (Fsp3) is 0.100. The van der Waals surface area contributed by atoms with E-state index in [1.807, 2.05) is 30.3 Å². The monoisotopic (exact) mass is 274 g/mol. The summed E-state index contributed by atoms with van der Waals surface area (Å²) in [5.41, 5.74) is 4.95. The van der Waals surface area contributed by atoms with Crippen molar-refractivity contribution in [2.45, 2.75) is 13.5 Å². The Morgan fingerprint density at radius 2 is 1.48 bits per heavy atom. The number of hydrogen-bond donors (Lipinski definition) is 0. The largest absolute Gasteiger partial charge is 0.489 e. The first kappa shape index (κ1) is 13.4. The van der Waals surface area contributed by atoms with Crippen LogP contribution in [0.4, 0.5) is 0 Å². The van der Waals surface area contributed by atoms with Gasteiger partial charge in [0.25, 0.3) is 0 Å². The first-order chi connectivity index (χ1) is 10.3. The Morgan fingerprint density at radius 1 is 0.714 bits per heavy atom. The standard InChI is InChI=1S/C20H18O/c1-16-6-5-7-19(14-16)18-12-10-17(11-13-18)15-21-20-8-3-2-4-9-20/h2-14H,15H2,1H3. The topological polar surface area (TPSA) is 9.23 Å². The maximum Gasteiger partial charge on any atom is 0.119 e. The Morgan fingerprint density at radius 3 is 2.19 bits per heavy atom. The van der Waals surface area contributed by atoms with Crippen LogP contribution in [0.15, 0.2) is 78.9 Å². The van der Waals surface area contributed by atoms with Crippen molar-refractivity contribution in [3.05, 3.63) is 90.0 Å². The second-order valence-electron chi connectivity index (χ2n) is 5.17. The third-order valence-electron chi connectivity index (χ3n) is 3.45. The molecule has 0 aliphatic rings. The van der Waals surface area contributed by atoms with E-state index in [4.69, 9.17) is 4.74 Å². The molecule has 0 aromatic heterocycles. The quantitative estimate of drug-likeness (QED) is 0.632. The van der Waals surface area contributed by atoms with E-state index in [2.05, 4.69) is 55.5 Å². The van der Waals surface area contributed by atoms with Crippen LogP contribution < -0.4 is 4.74 Å². The van der Waals surface area contributed by atoms with Gasteiger partial charge in [-0.3, -0.25) is 0 Å². The molecule has 0 saturated heterocycles. The molecule has 0 unspecified atom stereocenters. The molecule has 0 bridgehead atoms. The van der Waals surface area contributed by atoms with Gasteiger partial charge in [0, 0.05) is 0 Å². The molecular weight excluding hydrogens is 256 g/mol. The average Bonchev–Trinajstić information content (AvgIpc) is 2.54. The molecule has 1 nitrogen and oxygen atoms in total. The van der Waals surface area contributed by atoms with E-state index in [-0.39, 0.29) is 0 Å². The molecule has 1 heteroatoms. The van der Waals surface area contributed by atoms with E-state index >= 15 is 0 Å². The van der Waals surface area contributed by atoms with Crippen molar-refractivity contribution in [3.63, 3.8) is 0 Å². The summed E-state index contributed by atoms with van der Waals surface area (Å²) in [5, 5.41) is 0. The fourth-order valence-electron chi connectivity index (χ4n) is 2.30. The Hall–Kier alpha value is -2.54. The molecule has 21 heavy (non-hydrogen) atoms. The van der Waals surface area contributed by atoms with Gasteiger partial charge in [0.1, 0.15) is 12.4 Å². The van der Waals surface area contributed by atoms with Crippen LogP contribution in [0, 0.1) is 6.92 Å². The van der Waals surface area contributed by atoms with Gasteiger partial charge >= 0.3 is 0 Å². The van der Waals surface area contributed by atoms with E-state index in [1.165, 1.54) is 22.3 Å². The van der Waals surface area contributed by atoms with Gasteiger partial charge in [-0.1, -0.05) is 72.3 Å². The van der Waals surface area contributed by atoms with Gasteiger partial charge in [0.15, 0.2) is 0 Å². The van der Waals surface area contributed by atoms with Crippen molar-refractivity contribution >= 4 is 0 Å². The second-order valence-corrected chi connectivity index (χ2v) is 5.17. The normalized spacial score (nSPS) is 10.3. The van der Waals surface area contributed by atoms with Crippen LogP contribution in [-0.4, -0.2) is 0 Å². The van der Waals surface area contributed by atoms with Gasteiger partial charge in [-0.25, -0.2) is 0 Å². The predicted molar refractivity (Wildman–Crippen MR) is 87.4 cm³/mol. The number of aryl methyl sites for hydroxylation is 1. The van der Waals surface area contributed by atoms with Gasteiger partial charge in [0.2, 0.25) is 0 Å². The molecule has 0 heterocycles. The smallest absolute Gasteiger partial charge is 0.119 e. The van der Waals surface area contributed by atoms with Gasteiger partial charge in [-0.2, -0.15) is 0 Å². The van der Waals surface area contributed by atoms with E-state index in [0.29, 0.717) is 6.61 Å². The van der Waals surface area contributed by atoms with Crippen LogP contribution in [0.1, 0.15) is 11.1 Å². The molecule has 104 valence electrons. The number of para-hydroxylation sites is 1. The summed E-state index contributed by atoms with van der Waals surface area (Å²) in [6, 6.07) is 27.0. The first-order valence-electron chi connectivity index (χ1n) is 7.15. The van der Waals surface area contributed by atoms with E-state index in [0.717, 1.165) is 5.75 Å². The Bertz CT molecular complexity index is 699. The zero-order valence-electron chi connectivity index (χ0n) is 12.1. The summed E-state index contributed by atoms with van der Waals surface area (Å²) >= 11 is 0. The first-order valence-corrected chi connectivity index (χ1v) is 7.15. The van der Waals surface area contributed by atoms with Crippen molar-refractivity contribution < 1.29 is 4.74 Å². The molecule has 0 N–H and O–H groups in total. The third-order valence-corrected chi connectivity index (χ3v) is 3.45. The highest BCUT2D eigenvalue weighted by Crippen LogP contribution is 2.21. The number of hydrogen-bond acceptors (Lipinski definition) is 1. The second kappa shape index (κ2) is 6.27. The van der Waals surface area contributed by atoms with Crippen molar-refractivity contribution in [2.24, 2.45) is 0 Å². The molecule has 3 aromatic rings. The molecule has 0 radical (unpaired) electrons. The molecule has 0 amide bonds. The van der Waals surface area contributed by atoms with Gasteiger partial charge in [-0.05, 0) is 35.7 Å². The molecule has 3 rings (SSSR count). The van der Waals surface area contributed by atoms with E-state index in [9.17, 15) is 0 Å². The van der Waals surface area contributed by atoms with Crippen molar-refractivity contribution in [2.75, 3.05) is 0 Å². The molecular formula is C20H18O. The molecule has 0 saturated carbocycles. The summed E-state index contributed by atoms with van der Waals surface area (Å²) in [4.78, 5) is 0. The third kappa shape index (κ3) is 3.51. The SMILES string of the molecule is Cc1cccc(-c2ccc(COc3ccccc3)cc2)c1. The van der Waals surface area contributed by atoms with Crippen molar-refractivity contribution in [1.82, 2.24) is 0 Å². The van der Waals surface area contributed by atoms with Gasteiger partial charge in [0.05, 0.1) is 0 Å². The van der Waals surface area contributed by atoms with Gasteiger partial charge < -0.3 is 4.74 Å². The molecule has 0 spiro atoms. The van der Waals surface area contributed by atoms with Crippen molar-refractivity contribution in [3.8, 4) is 16.9 Å². The van der Waals surface area contributed by atoms with E-state index in [1.54, 1.807) is 0 Å². The maximum atomic E-state index is 5.76. The predicted octanol–water partition coefficient (Wildman–Crippen LogP) is 5.24. The fourth-order valence-corrected chi connectivity index (χ4v) is 2.30. The van der Waals surface area contributed by atoms with E-state index < -0.39 is 0 Å². The molecule has 0 atom stereocenters. The molecule has 0 fully saturated rings. The summed E-state index contributed by atoms with van der Waals surface area (Å²) in [5.74, 6) is 0.903. The molecule has 3 aromatic carbocycles. The summed E-state index contributed by atoms with van der Waals surface area (Å²) in [6.07, 6.45) is 0. The van der Waals surface area contributed by atoms with Crippen LogP contribution in [0.25, 0.3) is 11.1 Å². The zero-order valence-corrected chi connectivity index (χ0v) is 12.1. The highest BCUT2D eigenvalue weighted by molar-refractivity contribution is 5.64. The lowest BCUT2D eigenvalue weighted by Gasteiger charge is -2.07. The zero-order chi connectivity index (χ0) is 14.5. The maximum absolute atomic E-state index is 5.76. The average molecular weight is 274 g/mol. The number of ether oxygens (including phenoxy) is 1. The molecule has 0 aliphatic carbocycles. The lowest BCUT2D eigenvalue weighted by molar-refractivity contribution is 0.306. The minimum absolute atomic E-state index is 0.595. The number of benzene rings is 3. The van der Waals surface area contributed by atoms with Crippen LogP contribution in [-0.2, 0) is 6.61 Å². The minimum Gasteiger partial charge on any atom is -0.489 e. The van der Waals surface area contributed by atoms with Gasteiger partial charge in [-0.15, -0.1) is 0 Å². The summed E-state index contributed by atoms with van der Waals surface area (Å²) < 4.78 is 5.76. The highest BCUT2D eigenvalue weighted by atomic mass is 16.5. The highest BCUT2D eigenvalue weighted by Gasteiger charge is 1.99. The van der Waals surface area contributed by atoms with Crippen LogP contribution in [0.2, 0.25) is 0 Å². The van der Waals surface area contributed by atoms with Crippen LogP contribution >= 0.6 is 0 Å². The van der Waals surface area contributed by atoms with Crippen LogP contribution in [0.5, 0.6) is 5.75 Å². The summed E-state index contributed by atoms with van der Waals surface area (Å²) in [6.45, 7) is 2.71. The Balaban J connectivity index is 1.69. The Kier molecular flexibility index (Phi) is 4.02. The summed E-state index contributed by atoms with van der Waals surface area (Å²) in [7, 11) is 0. The van der Waals surface area contributed by atoms with Crippen molar-refractivity contribution in [1.29, 1.82) is 0 Å². The lowest BCUT2D eigenvalue weighted by atomic mass is 10.0. The Labute approximate surface area is 125 Å². The lowest BCUT2D eigenvalue weighted by Crippen LogP contribution is -1.94. The van der Waals surface area contributed by atoms with Crippen LogP contribution in [0.3, 0.4) is 0 Å². The minimum atomic E-state index is 0.595. The number of rotatable bonds is 4.